The van der Waals surface area contributed by atoms with E-state index in [2.05, 4.69) is 25.3 Å². The number of rotatable bonds is 2. The van der Waals surface area contributed by atoms with Gasteiger partial charge in [0.1, 0.15) is 11.3 Å². The van der Waals surface area contributed by atoms with Gasteiger partial charge in [-0.15, -0.1) is 0 Å². The molecule has 0 aliphatic heterocycles. The highest BCUT2D eigenvalue weighted by Crippen LogP contribution is 2.19. The number of fused-ring (bicyclic) bond motifs is 1. The number of carbonyl (C=O) groups excluding carboxylic acids is 1. The normalized spacial score (nSPS) is 10.8. The highest BCUT2D eigenvalue weighted by Gasteiger charge is 2.13. The van der Waals surface area contributed by atoms with Gasteiger partial charge in [0.2, 0.25) is 5.95 Å². The first-order chi connectivity index (χ1) is 10.0. The van der Waals surface area contributed by atoms with Crippen LogP contribution in [0.15, 0.2) is 24.5 Å². The number of nitrogen functional groups attached to an aromatic ring is 1. The van der Waals surface area contributed by atoms with E-state index in [1.165, 1.54) is 18.5 Å². The molecule has 0 saturated carbocycles. The van der Waals surface area contributed by atoms with Gasteiger partial charge in [-0.2, -0.15) is 9.97 Å². The summed E-state index contributed by atoms with van der Waals surface area (Å²) in [6, 6.07) is 3.63. The van der Waals surface area contributed by atoms with Gasteiger partial charge in [-0.25, -0.2) is 9.37 Å². The molecule has 0 aliphatic rings. The second kappa shape index (κ2) is 4.98. The van der Waals surface area contributed by atoms with Gasteiger partial charge in [0, 0.05) is 5.56 Å². The summed E-state index contributed by atoms with van der Waals surface area (Å²) in [6.07, 6.45) is 1.41. The molecule has 2 aromatic heterocycles. The average Bonchev–Trinajstić information content (AvgIpc) is 2.90. The summed E-state index contributed by atoms with van der Waals surface area (Å²) in [6.45, 7) is 0. The second-order valence-electron chi connectivity index (χ2n) is 4.13. The van der Waals surface area contributed by atoms with Crippen LogP contribution in [0.25, 0.3) is 11.2 Å². The van der Waals surface area contributed by atoms with Crippen molar-refractivity contribution in [3.8, 4) is 0 Å². The van der Waals surface area contributed by atoms with Crippen LogP contribution in [-0.2, 0) is 0 Å². The Hall–Kier alpha value is -2.74. The summed E-state index contributed by atoms with van der Waals surface area (Å²) in [7, 11) is 0. The number of nitrogens with two attached hydrogens (primary N) is 1. The third-order valence-corrected chi connectivity index (χ3v) is 3.00. The van der Waals surface area contributed by atoms with E-state index in [-0.39, 0.29) is 22.4 Å². The van der Waals surface area contributed by atoms with Gasteiger partial charge < -0.3 is 10.7 Å². The summed E-state index contributed by atoms with van der Waals surface area (Å²) in [5, 5.41) is 2.58. The van der Waals surface area contributed by atoms with Crippen LogP contribution < -0.4 is 11.1 Å². The van der Waals surface area contributed by atoms with Gasteiger partial charge in [0.15, 0.2) is 10.8 Å². The van der Waals surface area contributed by atoms with E-state index in [9.17, 15) is 9.18 Å². The molecule has 0 unspecified atom stereocenters. The highest BCUT2D eigenvalue weighted by atomic mass is 35.5. The van der Waals surface area contributed by atoms with Crippen LogP contribution in [0.5, 0.6) is 0 Å². The molecule has 2 heterocycles. The number of carbonyl (C=O) groups is 1. The quantitative estimate of drug-likeness (QED) is 0.495. The van der Waals surface area contributed by atoms with E-state index in [0.717, 1.165) is 6.07 Å². The number of nitrogens with zero attached hydrogens (tertiary/aromatic N) is 3. The van der Waals surface area contributed by atoms with Crippen LogP contribution in [0.2, 0.25) is 5.15 Å². The smallest absolute Gasteiger partial charge is 0.258 e. The molecule has 0 aliphatic carbocycles. The summed E-state index contributed by atoms with van der Waals surface area (Å²) < 4.78 is 13.1. The van der Waals surface area contributed by atoms with Crippen LogP contribution in [0, 0.1) is 5.82 Å². The van der Waals surface area contributed by atoms with Crippen LogP contribution in [0.3, 0.4) is 0 Å². The predicted octanol–water partition coefficient (Wildman–Crippen LogP) is 1.98. The number of aromatic nitrogens is 4. The van der Waals surface area contributed by atoms with Crippen molar-refractivity contribution in [2.24, 2.45) is 0 Å². The molecule has 7 nitrogen and oxygen atoms in total. The molecule has 0 radical (unpaired) electrons. The van der Waals surface area contributed by atoms with E-state index < -0.39 is 11.7 Å². The Bertz CT molecular complexity index is 849. The third-order valence-electron chi connectivity index (χ3n) is 2.73. The predicted molar refractivity (Wildman–Crippen MR) is 75.5 cm³/mol. The molecule has 0 atom stereocenters. The Balaban J connectivity index is 1.90. The minimum Gasteiger partial charge on any atom is -0.396 e. The summed E-state index contributed by atoms with van der Waals surface area (Å²) in [4.78, 5) is 26.7. The van der Waals surface area contributed by atoms with Crippen molar-refractivity contribution in [1.82, 2.24) is 19.9 Å². The first-order valence-electron chi connectivity index (χ1n) is 5.77. The number of imidazole rings is 1. The molecule has 9 heteroatoms. The average molecular weight is 307 g/mol. The maximum atomic E-state index is 13.1. The Morgan fingerprint density at radius 2 is 2.19 bits per heavy atom. The van der Waals surface area contributed by atoms with Crippen LogP contribution in [-0.4, -0.2) is 25.8 Å². The zero-order valence-electron chi connectivity index (χ0n) is 10.4. The fourth-order valence-corrected chi connectivity index (χ4v) is 1.93. The number of hydrogen-bond acceptors (Lipinski definition) is 5. The fraction of sp³-hybridized carbons (Fsp3) is 0. The number of benzene rings is 1. The molecule has 4 N–H and O–H groups in total. The Labute approximate surface area is 122 Å². The molecule has 3 rings (SSSR count). The van der Waals surface area contributed by atoms with Crippen LogP contribution in [0.1, 0.15) is 10.4 Å². The van der Waals surface area contributed by atoms with E-state index >= 15 is 0 Å². The maximum absolute atomic E-state index is 13.1. The Morgan fingerprint density at radius 1 is 1.38 bits per heavy atom. The second-order valence-corrected chi connectivity index (χ2v) is 4.49. The summed E-state index contributed by atoms with van der Waals surface area (Å²) in [5.74, 6) is -1.14. The minimum atomic E-state index is -0.594. The Kier molecular flexibility index (Phi) is 3.15. The lowest BCUT2D eigenvalue weighted by Crippen LogP contribution is -2.15. The zero-order valence-corrected chi connectivity index (χ0v) is 11.1. The number of halogens is 2. The van der Waals surface area contributed by atoms with Crippen molar-refractivity contribution in [3.05, 3.63) is 41.1 Å². The number of H-pyrrole nitrogens is 1. The highest BCUT2D eigenvalue weighted by molar-refractivity contribution is 6.33. The van der Waals surface area contributed by atoms with Crippen LogP contribution >= 0.6 is 11.6 Å². The summed E-state index contributed by atoms with van der Waals surface area (Å²) in [5.41, 5.74) is 6.27. The largest absolute Gasteiger partial charge is 0.396 e. The standard InChI is InChI=1S/C12H8ClFN6O/c13-9-8-10(17-4-16-8)19-12(18-9)20-11(21)5-1-2-6(14)7(15)3-5/h1-4H,15H2,(H2,16,17,18,19,20,21). The SMILES string of the molecule is Nc1cc(C(=O)Nc2nc(Cl)c3[nH]cnc3n2)ccc1F. The van der Waals surface area contributed by atoms with E-state index in [1.807, 2.05) is 0 Å². The lowest BCUT2D eigenvalue weighted by molar-refractivity contribution is 0.102. The first kappa shape index (κ1) is 13.3. The van der Waals surface area contributed by atoms with E-state index in [1.54, 1.807) is 0 Å². The van der Waals surface area contributed by atoms with Crippen molar-refractivity contribution >= 4 is 40.3 Å². The molecule has 21 heavy (non-hydrogen) atoms. The van der Waals surface area contributed by atoms with Gasteiger partial charge >= 0.3 is 0 Å². The molecule has 0 bridgehead atoms. The van der Waals surface area contributed by atoms with Crippen molar-refractivity contribution in [2.45, 2.75) is 0 Å². The lowest BCUT2D eigenvalue weighted by Gasteiger charge is -2.05. The number of hydrogen-bond donors (Lipinski definition) is 3. The van der Waals surface area contributed by atoms with Gasteiger partial charge in [-0.3, -0.25) is 10.1 Å². The van der Waals surface area contributed by atoms with Gasteiger partial charge in [0.25, 0.3) is 5.91 Å². The molecular formula is C12H8ClFN6O. The lowest BCUT2D eigenvalue weighted by atomic mass is 10.2. The minimum absolute atomic E-state index is 0.00695. The van der Waals surface area contributed by atoms with E-state index in [0.29, 0.717) is 11.2 Å². The molecule has 1 aromatic carbocycles. The van der Waals surface area contributed by atoms with Crippen molar-refractivity contribution in [3.63, 3.8) is 0 Å². The number of anilines is 2. The maximum Gasteiger partial charge on any atom is 0.258 e. The molecule has 0 saturated heterocycles. The molecular weight excluding hydrogens is 299 g/mol. The number of amides is 1. The number of aromatic amines is 1. The monoisotopic (exact) mass is 306 g/mol. The van der Waals surface area contributed by atoms with Crippen molar-refractivity contribution < 1.29 is 9.18 Å². The summed E-state index contributed by atoms with van der Waals surface area (Å²) >= 11 is 5.94. The molecule has 3 aromatic rings. The molecule has 1 amide bonds. The fourth-order valence-electron chi connectivity index (χ4n) is 1.71. The number of nitrogens with one attached hydrogen (secondary N) is 2. The third kappa shape index (κ3) is 2.48. The zero-order chi connectivity index (χ0) is 15.0. The molecule has 106 valence electrons. The first-order valence-corrected chi connectivity index (χ1v) is 6.15. The molecule has 0 spiro atoms. The van der Waals surface area contributed by atoms with Gasteiger partial charge in [-0.05, 0) is 18.2 Å². The van der Waals surface area contributed by atoms with Crippen LogP contribution in [0.4, 0.5) is 16.0 Å². The van der Waals surface area contributed by atoms with Crippen molar-refractivity contribution in [2.75, 3.05) is 11.1 Å². The van der Waals surface area contributed by atoms with Gasteiger partial charge in [-0.1, -0.05) is 11.6 Å². The van der Waals surface area contributed by atoms with E-state index in [4.69, 9.17) is 17.3 Å². The Morgan fingerprint density at radius 3 is 2.95 bits per heavy atom. The van der Waals surface area contributed by atoms with Crippen molar-refractivity contribution in [1.29, 1.82) is 0 Å². The molecule has 0 fully saturated rings. The van der Waals surface area contributed by atoms with Gasteiger partial charge in [0.05, 0.1) is 12.0 Å². The topological polar surface area (TPSA) is 110 Å².